The molecule has 0 atom stereocenters. The number of hydrogen-bond acceptors (Lipinski definition) is 2. The smallest absolute Gasteiger partial charge is 0.223 e. The second kappa shape index (κ2) is 8.32. The largest absolute Gasteiger partial charge is 0.336 e. The molecular weight excluding hydrogens is 272 g/mol. The first kappa shape index (κ1) is 16.2. The van der Waals surface area contributed by atoms with E-state index in [0.717, 1.165) is 12.8 Å². The lowest BCUT2D eigenvalue weighted by Gasteiger charge is -2.27. The molecule has 116 valence electrons. The number of aromatic nitrogens is 1. The van der Waals surface area contributed by atoms with Gasteiger partial charge < -0.3 is 4.90 Å². The zero-order chi connectivity index (χ0) is 15.8. The van der Waals surface area contributed by atoms with E-state index in [1.165, 1.54) is 11.1 Å². The van der Waals surface area contributed by atoms with Crippen molar-refractivity contribution in [1.82, 2.24) is 9.88 Å². The number of carbonyl (C=O) groups is 1. The monoisotopic (exact) mass is 296 g/mol. The van der Waals surface area contributed by atoms with E-state index in [9.17, 15) is 4.79 Å². The Labute approximate surface area is 133 Å². The van der Waals surface area contributed by atoms with Crippen LogP contribution in [-0.2, 0) is 17.8 Å². The Hall–Kier alpha value is -2.16. The molecule has 22 heavy (non-hydrogen) atoms. The first-order valence-corrected chi connectivity index (χ1v) is 7.89. The van der Waals surface area contributed by atoms with Crippen LogP contribution in [0.1, 0.15) is 37.8 Å². The van der Waals surface area contributed by atoms with E-state index in [1.807, 2.05) is 35.4 Å². The summed E-state index contributed by atoms with van der Waals surface area (Å²) in [7, 11) is 0. The lowest BCUT2D eigenvalue weighted by atomic mass is 10.1. The maximum atomic E-state index is 12.5. The van der Waals surface area contributed by atoms with E-state index in [-0.39, 0.29) is 11.9 Å². The highest BCUT2D eigenvalue weighted by molar-refractivity contribution is 5.76. The number of amides is 1. The van der Waals surface area contributed by atoms with Crippen molar-refractivity contribution in [2.24, 2.45) is 0 Å². The first-order chi connectivity index (χ1) is 10.7. The summed E-state index contributed by atoms with van der Waals surface area (Å²) in [5, 5.41) is 0. The summed E-state index contributed by atoms with van der Waals surface area (Å²) in [6.45, 7) is 4.83. The van der Waals surface area contributed by atoms with Crippen molar-refractivity contribution in [3.8, 4) is 0 Å². The van der Waals surface area contributed by atoms with E-state index in [2.05, 4.69) is 37.0 Å². The van der Waals surface area contributed by atoms with Crippen molar-refractivity contribution in [2.75, 3.05) is 0 Å². The van der Waals surface area contributed by atoms with E-state index >= 15 is 0 Å². The summed E-state index contributed by atoms with van der Waals surface area (Å²) in [6.07, 6.45) is 5.99. The summed E-state index contributed by atoms with van der Waals surface area (Å²) in [6, 6.07) is 14.4. The molecule has 3 heteroatoms. The predicted molar refractivity (Wildman–Crippen MR) is 89.3 cm³/mol. The molecule has 1 amide bonds. The van der Waals surface area contributed by atoms with Crippen LogP contribution in [0.3, 0.4) is 0 Å². The van der Waals surface area contributed by atoms with Gasteiger partial charge >= 0.3 is 0 Å². The number of pyridine rings is 1. The summed E-state index contributed by atoms with van der Waals surface area (Å²) < 4.78 is 0. The van der Waals surface area contributed by atoms with Crippen molar-refractivity contribution >= 4 is 5.91 Å². The fourth-order valence-electron chi connectivity index (χ4n) is 2.47. The van der Waals surface area contributed by atoms with Crippen LogP contribution in [0.2, 0.25) is 0 Å². The Morgan fingerprint density at radius 2 is 1.82 bits per heavy atom. The van der Waals surface area contributed by atoms with Gasteiger partial charge in [0, 0.05) is 31.4 Å². The van der Waals surface area contributed by atoms with Crippen LogP contribution in [0.15, 0.2) is 54.9 Å². The third kappa shape index (κ3) is 4.99. The lowest BCUT2D eigenvalue weighted by molar-refractivity contribution is -0.133. The molecule has 1 aromatic carbocycles. The molecule has 0 unspecified atom stereocenters. The van der Waals surface area contributed by atoms with Crippen LogP contribution in [0.5, 0.6) is 0 Å². The van der Waals surface area contributed by atoms with Gasteiger partial charge in [0.1, 0.15) is 0 Å². The molecule has 0 aliphatic carbocycles. The van der Waals surface area contributed by atoms with Gasteiger partial charge in [0.15, 0.2) is 0 Å². The Morgan fingerprint density at radius 1 is 1.09 bits per heavy atom. The minimum absolute atomic E-state index is 0.214. The zero-order valence-electron chi connectivity index (χ0n) is 13.4. The minimum atomic E-state index is 0.214. The number of nitrogens with zero attached hydrogens (tertiary/aromatic N) is 2. The quantitative estimate of drug-likeness (QED) is 0.777. The molecular formula is C19H24N2O. The molecule has 2 rings (SSSR count). The third-order valence-electron chi connectivity index (χ3n) is 3.72. The second-order valence-electron chi connectivity index (χ2n) is 5.82. The highest BCUT2D eigenvalue weighted by Crippen LogP contribution is 2.12. The Morgan fingerprint density at radius 3 is 2.45 bits per heavy atom. The van der Waals surface area contributed by atoms with Crippen molar-refractivity contribution in [1.29, 1.82) is 0 Å². The molecule has 0 fully saturated rings. The first-order valence-electron chi connectivity index (χ1n) is 7.89. The van der Waals surface area contributed by atoms with E-state index in [1.54, 1.807) is 6.20 Å². The molecule has 0 N–H and O–H groups in total. The molecule has 1 heterocycles. The molecule has 0 radical (unpaired) electrons. The van der Waals surface area contributed by atoms with E-state index in [4.69, 9.17) is 0 Å². The number of benzene rings is 1. The Kier molecular flexibility index (Phi) is 6.13. The van der Waals surface area contributed by atoms with Crippen LogP contribution >= 0.6 is 0 Å². The zero-order valence-corrected chi connectivity index (χ0v) is 13.4. The van der Waals surface area contributed by atoms with Gasteiger partial charge in [-0.1, -0.05) is 36.4 Å². The molecule has 0 spiro atoms. The van der Waals surface area contributed by atoms with Crippen LogP contribution in [-0.4, -0.2) is 21.8 Å². The van der Waals surface area contributed by atoms with Crippen LogP contribution in [0, 0.1) is 0 Å². The van der Waals surface area contributed by atoms with Crippen LogP contribution in [0.4, 0.5) is 0 Å². The maximum absolute atomic E-state index is 12.5. The lowest BCUT2D eigenvalue weighted by Crippen LogP contribution is -2.36. The molecule has 1 aromatic heterocycles. The summed E-state index contributed by atoms with van der Waals surface area (Å²) >= 11 is 0. The summed E-state index contributed by atoms with van der Waals surface area (Å²) in [5.41, 5.74) is 2.37. The van der Waals surface area contributed by atoms with Gasteiger partial charge in [0.05, 0.1) is 0 Å². The van der Waals surface area contributed by atoms with Crippen molar-refractivity contribution in [3.63, 3.8) is 0 Å². The Balaban J connectivity index is 1.87. The molecule has 0 saturated carbocycles. The van der Waals surface area contributed by atoms with Crippen LogP contribution < -0.4 is 0 Å². The van der Waals surface area contributed by atoms with E-state index < -0.39 is 0 Å². The van der Waals surface area contributed by atoms with Crippen molar-refractivity contribution in [3.05, 3.63) is 66.0 Å². The second-order valence-corrected chi connectivity index (χ2v) is 5.82. The van der Waals surface area contributed by atoms with Gasteiger partial charge in [-0.05, 0) is 43.9 Å². The normalized spacial score (nSPS) is 10.7. The molecule has 0 bridgehead atoms. The third-order valence-corrected chi connectivity index (χ3v) is 3.72. The van der Waals surface area contributed by atoms with Gasteiger partial charge in [-0.3, -0.25) is 9.78 Å². The molecule has 0 saturated heterocycles. The molecule has 0 aliphatic heterocycles. The average molecular weight is 296 g/mol. The maximum Gasteiger partial charge on any atom is 0.223 e. The molecule has 2 aromatic rings. The molecule has 0 aliphatic rings. The van der Waals surface area contributed by atoms with E-state index in [0.29, 0.717) is 13.0 Å². The fourth-order valence-corrected chi connectivity index (χ4v) is 2.47. The van der Waals surface area contributed by atoms with Gasteiger partial charge in [0.25, 0.3) is 0 Å². The minimum Gasteiger partial charge on any atom is -0.336 e. The number of aryl methyl sites for hydroxylation is 1. The van der Waals surface area contributed by atoms with Gasteiger partial charge in [-0.25, -0.2) is 0 Å². The fraction of sp³-hybridized carbons (Fsp3) is 0.368. The topological polar surface area (TPSA) is 33.2 Å². The van der Waals surface area contributed by atoms with Gasteiger partial charge in [-0.15, -0.1) is 0 Å². The summed E-state index contributed by atoms with van der Waals surface area (Å²) in [5.74, 6) is 0.225. The highest BCUT2D eigenvalue weighted by atomic mass is 16.2. The van der Waals surface area contributed by atoms with Gasteiger partial charge in [0.2, 0.25) is 5.91 Å². The number of hydrogen-bond donors (Lipinski definition) is 0. The van der Waals surface area contributed by atoms with Crippen molar-refractivity contribution < 1.29 is 4.79 Å². The average Bonchev–Trinajstić information content (AvgIpc) is 2.54. The predicted octanol–water partition coefficient (Wildman–Crippen LogP) is 3.84. The SMILES string of the molecule is CC(C)N(Cc1ccccc1)C(=O)CCCc1cccnc1. The standard InChI is InChI=1S/C19H24N2O/c1-16(2)21(15-18-8-4-3-5-9-18)19(22)12-6-10-17-11-7-13-20-14-17/h3-5,7-9,11,13-14,16H,6,10,12,15H2,1-2H3. The van der Waals surface area contributed by atoms with Gasteiger partial charge in [-0.2, -0.15) is 0 Å². The van der Waals surface area contributed by atoms with Crippen LogP contribution in [0.25, 0.3) is 0 Å². The summed E-state index contributed by atoms with van der Waals surface area (Å²) in [4.78, 5) is 18.6. The number of carbonyl (C=O) groups excluding carboxylic acids is 1. The molecule has 3 nitrogen and oxygen atoms in total. The Bertz CT molecular complexity index is 567. The highest BCUT2D eigenvalue weighted by Gasteiger charge is 2.16. The number of rotatable bonds is 7. The van der Waals surface area contributed by atoms with Crippen molar-refractivity contribution in [2.45, 2.75) is 45.7 Å².